The summed E-state index contributed by atoms with van der Waals surface area (Å²) in [4.78, 5) is 16.5. The number of piperazine rings is 1. The largest absolute Gasteiger partial charge is 0.369 e. The monoisotopic (exact) mass is 399 g/mol. The number of likely N-dealkylation sites (N-methyl/N-ethyl adjacent to an activating group) is 1. The van der Waals surface area contributed by atoms with Crippen LogP contribution in [0.25, 0.3) is 0 Å². The first-order valence-corrected chi connectivity index (χ1v) is 8.73. The van der Waals surface area contributed by atoms with E-state index in [4.69, 9.17) is 0 Å². The molecular formula is C19H18F5N3O. The van der Waals surface area contributed by atoms with Crippen molar-refractivity contribution in [1.82, 2.24) is 4.90 Å². The Morgan fingerprint density at radius 2 is 1.36 bits per heavy atom. The summed E-state index contributed by atoms with van der Waals surface area (Å²) < 4.78 is 67.1. The molecule has 0 aromatic heterocycles. The minimum absolute atomic E-state index is 0.171. The van der Waals surface area contributed by atoms with Crippen LogP contribution in [0.15, 0.2) is 24.3 Å². The zero-order valence-electron chi connectivity index (χ0n) is 15.0. The average Bonchev–Trinajstić information content (AvgIpc) is 2.71. The van der Waals surface area contributed by atoms with Gasteiger partial charge in [-0.2, -0.15) is 0 Å². The fraction of sp³-hybridized carbons (Fsp3) is 0.316. The van der Waals surface area contributed by atoms with Gasteiger partial charge >= 0.3 is 0 Å². The van der Waals surface area contributed by atoms with Gasteiger partial charge in [0.05, 0.1) is 0 Å². The molecule has 1 N–H and O–H groups in total. The van der Waals surface area contributed by atoms with Gasteiger partial charge in [-0.1, -0.05) is 6.92 Å². The predicted molar refractivity (Wildman–Crippen MR) is 95.0 cm³/mol. The molecule has 0 unspecified atom stereocenters. The molecule has 1 aliphatic heterocycles. The molecule has 2 aromatic carbocycles. The van der Waals surface area contributed by atoms with Gasteiger partial charge in [-0.3, -0.25) is 4.79 Å². The summed E-state index contributed by atoms with van der Waals surface area (Å²) >= 11 is 0. The van der Waals surface area contributed by atoms with Gasteiger partial charge in [0, 0.05) is 37.6 Å². The molecule has 150 valence electrons. The molecule has 1 aliphatic rings. The van der Waals surface area contributed by atoms with Crippen molar-refractivity contribution in [3.05, 3.63) is 58.9 Å². The van der Waals surface area contributed by atoms with Crippen LogP contribution in [0, 0.1) is 29.1 Å². The summed E-state index contributed by atoms with van der Waals surface area (Å²) in [5, 5.41) is 2.16. The second-order valence-electron chi connectivity index (χ2n) is 6.37. The maximum absolute atomic E-state index is 13.7. The van der Waals surface area contributed by atoms with E-state index in [1.807, 2.05) is 0 Å². The molecule has 1 saturated heterocycles. The van der Waals surface area contributed by atoms with Crippen LogP contribution in [0.2, 0.25) is 0 Å². The van der Waals surface area contributed by atoms with E-state index in [-0.39, 0.29) is 5.69 Å². The number of hydrogen-bond donors (Lipinski definition) is 1. The molecule has 2 aromatic rings. The maximum atomic E-state index is 13.7. The zero-order valence-corrected chi connectivity index (χ0v) is 15.0. The lowest BCUT2D eigenvalue weighted by Crippen LogP contribution is -2.46. The Morgan fingerprint density at radius 1 is 0.857 bits per heavy atom. The summed E-state index contributed by atoms with van der Waals surface area (Å²) in [6.45, 7) is 6.60. The lowest BCUT2D eigenvalue weighted by Gasteiger charge is -2.35. The third-order valence-electron chi connectivity index (χ3n) is 4.75. The number of nitrogens with one attached hydrogen (secondary N) is 1. The number of rotatable bonds is 4. The van der Waals surface area contributed by atoms with Crippen LogP contribution in [0.1, 0.15) is 17.3 Å². The lowest BCUT2D eigenvalue weighted by atomic mass is 10.1. The highest BCUT2D eigenvalue weighted by Gasteiger charge is 2.29. The van der Waals surface area contributed by atoms with Crippen LogP contribution < -0.4 is 10.2 Å². The molecule has 0 radical (unpaired) electrons. The summed E-state index contributed by atoms with van der Waals surface area (Å²) in [6, 6.07) is 6.45. The number of amides is 1. The quantitative estimate of drug-likeness (QED) is 0.483. The van der Waals surface area contributed by atoms with E-state index in [2.05, 4.69) is 22.0 Å². The Kier molecular flexibility index (Phi) is 5.83. The van der Waals surface area contributed by atoms with Gasteiger partial charge < -0.3 is 15.1 Å². The molecular weight excluding hydrogens is 381 g/mol. The van der Waals surface area contributed by atoms with Crippen LogP contribution in [-0.4, -0.2) is 43.5 Å². The highest BCUT2D eigenvalue weighted by Crippen LogP contribution is 2.25. The van der Waals surface area contributed by atoms with E-state index < -0.39 is 40.6 Å². The molecule has 1 amide bonds. The first-order chi connectivity index (χ1) is 13.3. The maximum Gasteiger partial charge on any atom is 0.261 e. The van der Waals surface area contributed by atoms with Crippen molar-refractivity contribution in [2.45, 2.75) is 6.92 Å². The molecule has 3 rings (SSSR count). The topological polar surface area (TPSA) is 35.6 Å². The SMILES string of the molecule is CCN1CCN(c2ccc(NC(=O)c3c(F)c(F)c(F)c(F)c3F)cc2)CC1. The summed E-state index contributed by atoms with van der Waals surface area (Å²) in [6.07, 6.45) is 0. The number of carbonyl (C=O) groups is 1. The molecule has 0 bridgehead atoms. The van der Waals surface area contributed by atoms with Crippen LogP contribution in [0.4, 0.5) is 33.3 Å². The lowest BCUT2D eigenvalue weighted by molar-refractivity contribution is 0.101. The Labute approximate surface area is 158 Å². The molecule has 1 heterocycles. The van der Waals surface area contributed by atoms with Crippen molar-refractivity contribution >= 4 is 17.3 Å². The first kappa shape index (κ1) is 20.1. The second kappa shape index (κ2) is 8.14. The van der Waals surface area contributed by atoms with Crippen molar-refractivity contribution in [3.8, 4) is 0 Å². The minimum Gasteiger partial charge on any atom is -0.369 e. The van der Waals surface area contributed by atoms with Crippen molar-refractivity contribution < 1.29 is 26.7 Å². The van der Waals surface area contributed by atoms with E-state index in [0.29, 0.717) is 0 Å². The number of hydrogen-bond acceptors (Lipinski definition) is 3. The van der Waals surface area contributed by atoms with E-state index in [1.54, 1.807) is 12.1 Å². The smallest absolute Gasteiger partial charge is 0.261 e. The summed E-state index contributed by atoms with van der Waals surface area (Å²) in [7, 11) is 0. The van der Waals surface area contributed by atoms with E-state index >= 15 is 0 Å². The molecule has 0 atom stereocenters. The normalized spacial score (nSPS) is 15.0. The Balaban J connectivity index is 1.74. The van der Waals surface area contributed by atoms with Crippen LogP contribution in [0.3, 0.4) is 0 Å². The number of carbonyl (C=O) groups excluding carboxylic acids is 1. The Bertz CT molecular complexity index is 851. The van der Waals surface area contributed by atoms with Crippen LogP contribution >= 0.6 is 0 Å². The molecule has 0 saturated carbocycles. The van der Waals surface area contributed by atoms with Crippen molar-refractivity contribution in [3.63, 3.8) is 0 Å². The summed E-state index contributed by atoms with van der Waals surface area (Å²) in [5.41, 5.74) is -0.439. The molecule has 9 heteroatoms. The standard InChI is InChI=1S/C19H18F5N3O/c1-2-26-7-9-27(10-8-26)12-5-3-11(4-6-12)25-19(28)13-14(20)16(22)18(24)17(23)15(13)21/h3-6H,2,7-10H2,1H3,(H,25,28). The second-order valence-corrected chi connectivity index (χ2v) is 6.37. The Hall–Kier alpha value is -2.68. The van der Waals surface area contributed by atoms with Crippen molar-refractivity contribution in [2.75, 3.05) is 42.9 Å². The summed E-state index contributed by atoms with van der Waals surface area (Å²) in [5.74, 6) is -12.4. The molecule has 0 aliphatic carbocycles. The fourth-order valence-corrected chi connectivity index (χ4v) is 3.08. The number of nitrogens with zero attached hydrogens (tertiary/aromatic N) is 2. The number of benzene rings is 2. The minimum atomic E-state index is -2.31. The average molecular weight is 399 g/mol. The van der Waals surface area contributed by atoms with Gasteiger partial charge in [0.25, 0.3) is 5.91 Å². The Morgan fingerprint density at radius 3 is 1.86 bits per heavy atom. The zero-order chi connectivity index (χ0) is 20.4. The highest BCUT2D eigenvalue weighted by molar-refractivity contribution is 6.04. The number of anilines is 2. The van der Waals surface area contributed by atoms with Gasteiger partial charge in [-0.25, -0.2) is 22.0 Å². The third-order valence-corrected chi connectivity index (χ3v) is 4.75. The van der Waals surface area contributed by atoms with Crippen LogP contribution in [-0.2, 0) is 0 Å². The molecule has 28 heavy (non-hydrogen) atoms. The highest BCUT2D eigenvalue weighted by atomic mass is 19.2. The van der Waals surface area contributed by atoms with Gasteiger partial charge in [-0.05, 0) is 30.8 Å². The van der Waals surface area contributed by atoms with Gasteiger partial charge in [0.1, 0.15) is 5.56 Å². The van der Waals surface area contributed by atoms with Gasteiger partial charge in [0.15, 0.2) is 23.3 Å². The van der Waals surface area contributed by atoms with E-state index in [9.17, 15) is 26.7 Å². The van der Waals surface area contributed by atoms with Gasteiger partial charge in [0.2, 0.25) is 5.82 Å². The molecule has 0 spiro atoms. The van der Waals surface area contributed by atoms with Crippen molar-refractivity contribution in [1.29, 1.82) is 0 Å². The third kappa shape index (κ3) is 3.80. The van der Waals surface area contributed by atoms with Gasteiger partial charge in [-0.15, -0.1) is 0 Å². The van der Waals surface area contributed by atoms with Crippen LogP contribution in [0.5, 0.6) is 0 Å². The van der Waals surface area contributed by atoms with E-state index in [0.717, 1.165) is 38.4 Å². The predicted octanol–water partition coefficient (Wildman–Crippen LogP) is 3.78. The number of halogens is 5. The fourth-order valence-electron chi connectivity index (χ4n) is 3.08. The molecule has 4 nitrogen and oxygen atoms in total. The van der Waals surface area contributed by atoms with E-state index in [1.165, 1.54) is 12.1 Å². The molecule has 1 fully saturated rings. The van der Waals surface area contributed by atoms with Crippen molar-refractivity contribution in [2.24, 2.45) is 0 Å². The first-order valence-electron chi connectivity index (χ1n) is 8.73.